The number of fused-ring (bicyclic) bond motifs is 1. The number of rotatable bonds is 1. The largest absolute Gasteiger partial charge is 0.344 e. The van der Waals surface area contributed by atoms with Gasteiger partial charge in [-0.2, -0.15) is 0 Å². The van der Waals surface area contributed by atoms with Crippen LogP contribution in [0.5, 0.6) is 0 Å². The van der Waals surface area contributed by atoms with Crippen molar-refractivity contribution in [3.63, 3.8) is 0 Å². The van der Waals surface area contributed by atoms with Gasteiger partial charge < -0.3 is 4.74 Å². The summed E-state index contributed by atoms with van der Waals surface area (Å²) in [6, 6.07) is 0. The average molecular weight is 257 g/mol. The van der Waals surface area contributed by atoms with Gasteiger partial charge in [-0.3, -0.25) is 4.57 Å². The van der Waals surface area contributed by atoms with Crippen molar-refractivity contribution in [3.8, 4) is 0 Å². The van der Waals surface area contributed by atoms with Crippen molar-refractivity contribution < 1.29 is 4.74 Å². The molecule has 5 nitrogen and oxygen atoms in total. The summed E-state index contributed by atoms with van der Waals surface area (Å²) < 4.78 is 7.64. The maximum atomic E-state index is 6.04. The summed E-state index contributed by atoms with van der Waals surface area (Å²) in [6.07, 6.45) is 3.08. The fourth-order valence-electron chi connectivity index (χ4n) is 1.72. The predicted octanol–water partition coefficient (Wildman–Crippen LogP) is 2.09. The van der Waals surface area contributed by atoms with Crippen LogP contribution in [0.25, 0.3) is 11.2 Å². The molecule has 84 valence electrons. The molecule has 0 spiro atoms. The van der Waals surface area contributed by atoms with Crippen LogP contribution in [-0.2, 0) is 4.74 Å². The predicted molar refractivity (Wildman–Crippen MR) is 62.4 cm³/mol. The van der Waals surface area contributed by atoms with Crippen LogP contribution < -0.4 is 0 Å². The molecule has 1 saturated heterocycles. The van der Waals surface area contributed by atoms with Crippen LogP contribution in [0.15, 0.2) is 12.7 Å². The third kappa shape index (κ3) is 1.57. The molecule has 0 amide bonds. The molecule has 2 aromatic heterocycles. The fraction of sp³-hybridized carbons (Fsp3) is 0.444. The van der Waals surface area contributed by atoms with Crippen LogP contribution >= 0.6 is 23.4 Å². The van der Waals surface area contributed by atoms with Gasteiger partial charge in [-0.1, -0.05) is 11.6 Å². The van der Waals surface area contributed by atoms with Gasteiger partial charge in [0.25, 0.3) is 0 Å². The van der Waals surface area contributed by atoms with Gasteiger partial charge in [-0.25, -0.2) is 15.0 Å². The molecule has 16 heavy (non-hydrogen) atoms. The van der Waals surface area contributed by atoms with Crippen molar-refractivity contribution in [1.82, 2.24) is 19.5 Å². The Bertz CT molecular complexity index is 531. The Morgan fingerprint density at radius 1 is 1.50 bits per heavy atom. The van der Waals surface area contributed by atoms with Crippen LogP contribution in [0.4, 0.5) is 0 Å². The number of thioether (sulfide) groups is 1. The first-order valence-corrected chi connectivity index (χ1v) is 6.28. The molecule has 0 saturated carbocycles. The molecule has 0 N–H and O–H groups in total. The zero-order valence-corrected chi connectivity index (χ0v) is 10.1. The molecule has 1 aliphatic heterocycles. The maximum Gasteiger partial charge on any atom is 0.182 e. The van der Waals surface area contributed by atoms with Crippen LogP contribution in [0.3, 0.4) is 0 Å². The third-order valence-corrected chi connectivity index (χ3v) is 3.79. The van der Waals surface area contributed by atoms with Crippen molar-refractivity contribution in [2.24, 2.45) is 0 Å². The first-order valence-electron chi connectivity index (χ1n) is 4.86. The highest BCUT2D eigenvalue weighted by Gasteiger charge is 2.26. The van der Waals surface area contributed by atoms with Gasteiger partial charge >= 0.3 is 0 Å². The molecule has 3 rings (SSSR count). The summed E-state index contributed by atoms with van der Waals surface area (Å²) in [6.45, 7) is 2.03. The van der Waals surface area contributed by atoms with E-state index >= 15 is 0 Å². The van der Waals surface area contributed by atoms with E-state index < -0.39 is 0 Å². The molecule has 3 heterocycles. The average Bonchev–Trinajstić information content (AvgIpc) is 2.84. The molecular weight excluding hydrogens is 248 g/mol. The van der Waals surface area contributed by atoms with Crippen LogP contribution in [0.2, 0.25) is 5.15 Å². The van der Waals surface area contributed by atoms with E-state index in [1.54, 1.807) is 18.1 Å². The van der Waals surface area contributed by atoms with E-state index in [0.717, 1.165) is 11.3 Å². The maximum absolute atomic E-state index is 6.04. The second-order valence-corrected chi connectivity index (χ2v) is 5.17. The molecule has 0 bridgehead atoms. The number of hydrogen-bond acceptors (Lipinski definition) is 5. The van der Waals surface area contributed by atoms with Gasteiger partial charge in [0.2, 0.25) is 0 Å². The minimum absolute atomic E-state index is 0.0338. The van der Waals surface area contributed by atoms with Crippen molar-refractivity contribution in [2.75, 3.05) is 5.75 Å². The quantitative estimate of drug-likeness (QED) is 0.732. The zero-order valence-electron chi connectivity index (χ0n) is 8.50. The Morgan fingerprint density at radius 3 is 3.12 bits per heavy atom. The Kier molecular flexibility index (Phi) is 2.49. The topological polar surface area (TPSA) is 52.8 Å². The molecular formula is C9H9ClN4OS. The normalized spacial score (nSPS) is 25.4. The standard InChI is InChI=1S/C9H9ClN4OS/c1-5-15-6(2-16-5)14-4-13-9-7(14)8(10)11-3-12-9/h3-6H,2H2,1H3. The van der Waals surface area contributed by atoms with E-state index in [2.05, 4.69) is 15.0 Å². The second kappa shape index (κ2) is 3.87. The Labute approximate surface area is 101 Å². The summed E-state index contributed by atoms with van der Waals surface area (Å²) in [5.41, 5.74) is 1.54. The highest BCUT2D eigenvalue weighted by molar-refractivity contribution is 7.99. The van der Waals surface area contributed by atoms with Crippen molar-refractivity contribution in [3.05, 3.63) is 17.8 Å². The first-order chi connectivity index (χ1) is 7.75. The minimum Gasteiger partial charge on any atom is -0.344 e. The van der Waals surface area contributed by atoms with E-state index in [1.807, 2.05) is 11.5 Å². The summed E-state index contributed by atoms with van der Waals surface area (Å²) in [4.78, 5) is 12.2. The van der Waals surface area contributed by atoms with E-state index in [-0.39, 0.29) is 11.7 Å². The minimum atomic E-state index is -0.0338. The van der Waals surface area contributed by atoms with E-state index in [0.29, 0.717) is 10.8 Å². The van der Waals surface area contributed by atoms with Crippen molar-refractivity contribution in [1.29, 1.82) is 0 Å². The molecule has 0 aromatic carbocycles. The molecule has 0 aliphatic carbocycles. The summed E-state index contributed by atoms with van der Waals surface area (Å²) in [7, 11) is 0. The van der Waals surface area contributed by atoms with Gasteiger partial charge in [0.05, 0.1) is 6.33 Å². The van der Waals surface area contributed by atoms with Crippen LogP contribution in [-0.4, -0.2) is 30.7 Å². The number of hydrogen-bond donors (Lipinski definition) is 0. The van der Waals surface area contributed by atoms with Gasteiger partial charge in [0.1, 0.15) is 23.5 Å². The third-order valence-electron chi connectivity index (χ3n) is 2.45. The zero-order chi connectivity index (χ0) is 11.1. The number of aromatic nitrogens is 4. The van der Waals surface area contributed by atoms with E-state index in [9.17, 15) is 0 Å². The monoisotopic (exact) mass is 256 g/mol. The van der Waals surface area contributed by atoms with Crippen molar-refractivity contribution >= 4 is 34.5 Å². The van der Waals surface area contributed by atoms with Crippen LogP contribution in [0, 0.1) is 0 Å². The fourth-order valence-corrected chi connectivity index (χ4v) is 2.83. The Morgan fingerprint density at radius 2 is 2.38 bits per heavy atom. The number of ether oxygens (including phenoxy) is 1. The number of imidazole rings is 1. The Hall–Kier alpha value is -0.850. The van der Waals surface area contributed by atoms with Gasteiger partial charge in [0, 0.05) is 5.75 Å². The van der Waals surface area contributed by atoms with Gasteiger partial charge in [0.15, 0.2) is 10.8 Å². The van der Waals surface area contributed by atoms with Crippen molar-refractivity contribution in [2.45, 2.75) is 18.6 Å². The first kappa shape index (κ1) is 10.3. The number of halogens is 1. The lowest BCUT2D eigenvalue weighted by Gasteiger charge is -2.12. The van der Waals surface area contributed by atoms with E-state index in [1.165, 1.54) is 6.33 Å². The lowest BCUT2D eigenvalue weighted by molar-refractivity contribution is 0.0296. The highest BCUT2D eigenvalue weighted by atomic mass is 35.5. The highest BCUT2D eigenvalue weighted by Crippen LogP contribution is 2.33. The molecule has 2 aromatic rings. The summed E-state index contributed by atoms with van der Waals surface area (Å²) in [5, 5.41) is 0.413. The molecule has 1 aliphatic rings. The molecule has 1 fully saturated rings. The summed E-state index contributed by atoms with van der Waals surface area (Å²) >= 11 is 7.81. The molecule has 7 heteroatoms. The molecule has 2 unspecified atom stereocenters. The second-order valence-electron chi connectivity index (χ2n) is 3.48. The van der Waals surface area contributed by atoms with Crippen LogP contribution in [0.1, 0.15) is 13.2 Å². The molecule has 0 radical (unpaired) electrons. The lowest BCUT2D eigenvalue weighted by Crippen LogP contribution is -2.10. The number of nitrogens with zero attached hydrogens (tertiary/aromatic N) is 4. The van der Waals surface area contributed by atoms with Gasteiger partial charge in [-0.05, 0) is 6.92 Å². The SMILES string of the molecule is CC1OC(n2cnc3ncnc(Cl)c32)CS1. The smallest absolute Gasteiger partial charge is 0.182 e. The van der Waals surface area contributed by atoms with E-state index in [4.69, 9.17) is 16.3 Å². The summed E-state index contributed by atoms with van der Waals surface area (Å²) in [5.74, 6) is 0.887. The molecule has 2 atom stereocenters. The van der Waals surface area contributed by atoms with Gasteiger partial charge in [-0.15, -0.1) is 11.8 Å². The Balaban J connectivity index is 2.10. The lowest BCUT2D eigenvalue weighted by atomic mass is 10.5.